The fourth-order valence-corrected chi connectivity index (χ4v) is 3.92. The van der Waals surface area contributed by atoms with Crippen LogP contribution in [0.2, 0.25) is 0 Å². The highest BCUT2D eigenvalue weighted by atomic mass is 32.1. The molecular weight excluding hydrogens is 368 g/mol. The second-order valence-electron chi connectivity index (χ2n) is 6.83. The number of nitrogens with zero attached hydrogens (tertiary/aromatic N) is 1. The van der Waals surface area contributed by atoms with E-state index in [1.54, 1.807) is 11.3 Å². The molecule has 2 aromatic rings. The number of aromatic amines is 1. The molecule has 1 atom stereocenters. The van der Waals surface area contributed by atoms with Gasteiger partial charge in [0.2, 0.25) is 0 Å². The molecular formula is C18H22N4O4S. The highest BCUT2D eigenvalue weighted by Gasteiger charge is 2.35. The van der Waals surface area contributed by atoms with Crippen LogP contribution in [-0.2, 0) is 20.8 Å². The zero-order valence-electron chi connectivity index (χ0n) is 14.8. The van der Waals surface area contributed by atoms with E-state index in [2.05, 4.69) is 20.8 Å². The van der Waals surface area contributed by atoms with E-state index in [4.69, 9.17) is 9.47 Å². The maximum atomic E-state index is 12.0. The van der Waals surface area contributed by atoms with Gasteiger partial charge in [0.1, 0.15) is 18.0 Å². The van der Waals surface area contributed by atoms with E-state index in [9.17, 15) is 9.59 Å². The Morgan fingerprint density at radius 2 is 2.30 bits per heavy atom. The number of thiophene rings is 1. The Hall–Kier alpha value is -2.39. The average Bonchev–Trinajstić information content (AvgIpc) is 3.38. The largest absolute Gasteiger partial charge is 0.446 e. The fourth-order valence-electron chi connectivity index (χ4n) is 3.28. The Labute approximate surface area is 160 Å². The zero-order chi connectivity index (χ0) is 18.6. The Morgan fingerprint density at radius 1 is 1.41 bits per heavy atom. The molecule has 1 unspecified atom stereocenters. The van der Waals surface area contributed by atoms with E-state index in [-0.39, 0.29) is 24.0 Å². The molecule has 27 heavy (non-hydrogen) atoms. The number of carbonyl (C=O) groups is 2. The van der Waals surface area contributed by atoms with E-state index < -0.39 is 6.09 Å². The van der Waals surface area contributed by atoms with Gasteiger partial charge >= 0.3 is 6.09 Å². The van der Waals surface area contributed by atoms with Gasteiger partial charge in [-0.05, 0) is 37.1 Å². The van der Waals surface area contributed by atoms with Crippen molar-refractivity contribution in [3.8, 4) is 0 Å². The molecule has 2 aromatic heterocycles. The van der Waals surface area contributed by atoms with Gasteiger partial charge in [-0.3, -0.25) is 9.89 Å². The first-order valence-corrected chi connectivity index (χ1v) is 10.00. The molecule has 4 rings (SSSR count). The summed E-state index contributed by atoms with van der Waals surface area (Å²) in [5.41, 5.74) is 0.872. The number of hydrogen-bond acceptors (Lipinski definition) is 6. The highest BCUT2D eigenvalue weighted by Crippen LogP contribution is 2.38. The first kappa shape index (κ1) is 18.0. The topological polar surface area (TPSA) is 105 Å². The summed E-state index contributed by atoms with van der Waals surface area (Å²) >= 11 is 1.60. The summed E-state index contributed by atoms with van der Waals surface area (Å²) in [5.74, 6) is 0.660. The number of rotatable bonds is 6. The number of hydrogen-bond donors (Lipinski definition) is 3. The number of aromatic nitrogens is 2. The molecule has 3 N–H and O–H groups in total. The summed E-state index contributed by atoms with van der Waals surface area (Å²) in [6.07, 6.45) is 2.27. The van der Waals surface area contributed by atoms with Gasteiger partial charge in [0.15, 0.2) is 0 Å². The van der Waals surface area contributed by atoms with Crippen LogP contribution in [0.5, 0.6) is 0 Å². The van der Waals surface area contributed by atoms with Gasteiger partial charge < -0.3 is 20.1 Å². The molecule has 2 aliphatic rings. The number of anilines is 1. The van der Waals surface area contributed by atoms with Crippen LogP contribution in [0.3, 0.4) is 0 Å². The molecule has 3 heterocycles. The van der Waals surface area contributed by atoms with Crippen molar-refractivity contribution < 1.29 is 19.1 Å². The lowest BCUT2D eigenvalue weighted by atomic mass is 9.80. The van der Waals surface area contributed by atoms with Gasteiger partial charge in [0.25, 0.3) is 5.91 Å². The van der Waals surface area contributed by atoms with Crippen molar-refractivity contribution in [2.24, 2.45) is 0 Å². The van der Waals surface area contributed by atoms with Gasteiger partial charge in [0.05, 0.1) is 12.2 Å². The van der Waals surface area contributed by atoms with E-state index in [0.29, 0.717) is 19.0 Å². The number of carbonyl (C=O) groups excluding carboxylic acids is 2. The Kier molecular flexibility index (Phi) is 5.40. The van der Waals surface area contributed by atoms with Gasteiger partial charge in [-0.2, -0.15) is 5.10 Å². The van der Waals surface area contributed by atoms with Gasteiger partial charge in [-0.1, -0.05) is 6.07 Å². The lowest BCUT2D eigenvalue weighted by molar-refractivity contribution is -0.124. The molecule has 9 heteroatoms. The molecule has 0 spiro atoms. The second-order valence-corrected chi connectivity index (χ2v) is 7.86. The quantitative estimate of drug-likeness (QED) is 0.703. The van der Waals surface area contributed by atoms with Gasteiger partial charge in [-0.25, -0.2) is 4.79 Å². The predicted octanol–water partition coefficient (Wildman–Crippen LogP) is 2.76. The number of nitrogens with one attached hydrogen (secondary N) is 3. The molecule has 1 saturated carbocycles. The van der Waals surface area contributed by atoms with Crippen LogP contribution < -0.4 is 10.6 Å². The van der Waals surface area contributed by atoms with Crippen molar-refractivity contribution in [2.75, 3.05) is 11.9 Å². The van der Waals surface area contributed by atoms with E-state index >= 15 is 0 Å². The molecule has 0 bridgehead atoms. The van der Waals surface area contributed by atoms with Crippen LogP contribution in [-0.4, -0.2) is 41.0 Å². The number of alkyl carbamates (subject to hydrolysis) is 1. The molecule has 0 radical (unpaired) electrons. The molecule has 1 aliphatic carbocycles. The molecule has 0 aromatic carbocycles. The summed E-state index contributed by atoms with van der Waals surface area (Å²) in [6, 6.07) is 5.76. The molecule has 2 amide bonds. The summed E-state index contributed by atoms with van der Waals surface area (Å²) in [6.45, 7) is 1.12. The van der Waals surface area contributed by atoms with E-state index in [1.807, 2.05) is 23.6 Å². The van der Waals surface area contributed by atoms with Crippen molar-refractivity contribution in [1.29, 1.82) is 0 Å². The molecule has 8 nitrogen and oxygen atoms in total. The molecule has 144 valence electrons. The summed E-state index contributed by atoms with van der Waals surface area (Å²) in [4.78, 5) is 25.0. The van der Waals surface area contributed by atoms with Crippen molar-refractivity contribution >= 4 is 29.2 Å². The van der Waals surface area contributed by atoms with Crippen LogP contribution in [0.4, 0.5) is 10.6 Å². The Morgan fingerprint density at radius 3 is 3.04 bits per heavy atom. The summed E-state index contributed by atoms with van der Waals surface area (Å²) < 4.78 is 10.8. The normalized spacial score (nSPS) is 24.2. The molecule has 1 aliphatic heterocycles. The zero-order valence-corrected chi connectivity index (χ0v) is 15.6. The Bertz CT molecular complexity index is 779. The SMILES string of the molecule is O=C(NCc1cccs1)OC1CC(c2cc(NC(=O)C3CCCO3)[nH]n2)C1. The minimum Gasteiger partial charge on any atom is -0.446 e. The standard InChI is InChI=1S/C18H22N4O4S/c23-17(15-4-1-5-25-15)20-16-9-14(21-22-16)11-7-12(8-11)26-18(24)19-10-13-3-2-6-27-13/h2-3,6,9,11-12,15H,1,4-5,7-8,10H2,(H,19,24)(H2,20,21,22,23). The number of amides is 2. The van der Waals surface area contributed by atoms with Crippen LogP contribution >= 0.6 is 11.3 Å². The summed E-state index contributed by atoms with van der Waals surface area (Å²) in [5, 5.41) is 14.6. The van der Waals surface area contributed by atoms with Gasteiger partial charge in [0, 0.05) is 23.5 Å². The maximum absolute atomic E-state index is 12.0. The first-order chi connectivity index (χ1) is 13.2. The maximum Gasteiger partial charge on any atom is 0.407 e. The van der Waals surface area contributed by atoms with Crippen molar-refractivity contribution in [1.82, 2.24) is 15.5 Å². The highest BCUT2D eigenvalue weighted by molar-refractivity contribution is 7.09. The van der Waals surface area contributed by atoms with Gasteiger partial charge in [-0.15, -0.1) is 11.3 Å². The lowest BCUT2D eigenvalue weighted by Gasteiger charge is -2.33. The minimum absolute atomic E-state index is 0.0973. The third-order valence-corrected chi connectivity index (χ3v) is 5.73. The summed E-state index contributed by atoms with van der Waals surface area (Å²) in [7, 11) is 0. The third kappa shape index (κ3) is 4.48. The van der Waals surface area contributed by atoms with Crippen LogP contribution in [0.25, 0.3) is 0 Å². The number of H-pyrrole nitrogens is 1. The van der Waals surface area contributed by atoms with E-state index in [0.717, 1.165) is 36.3 Å². The van der Waals surface area contributed by atoms with Crippen molar-refractivity contribution in [2.45, 2.75) is 50.4 Å². The van der Waals surface area contributed by atoms with E-state index in [1.165, 1.54) is 0 Å². The third-order valence-electron chi connectivity index (χ3n) is 4.85. The lowest BCUT2D eigenvalue weighted by Crippen LogP contribution is -2.36. The fraction of sp³-hybridized carbons (Fsp3) is 0.500. The minimum atomic E-state index is -0.390. The molecule has 1 saturated heterocycles. The predicted molar refractivity (Wildman–Crippen MR) is 99.6 cm³/mol. The van der Waals surface area contributed by atoms with Crippen molar-refractivity contribution in [3.63, 3.8) is 0 Å². The monoisotopic (exact) mass is 390 g/mol. The Balaban J connectivity index is 1.19. The van der Waals surface area contributed by atoms with Crippen LogP contribution in [0.15, 0.2) is 23.6 Å². The van der Waals surface area contributed by atoms with Crippen LogP contribution in [0.1, 0.15) is 42.2 Å². The molecule has 2 fully saturated rings. The smallest absolute Gasteiger partial charge is 0.407 e. The first-order valence-electron chi connectivity index (χ1n) is 9.12. The number of ether oxygens (including phenoxy) is 2. The average molecular weight is 390 g/mol. The van der Waals surface area contributed by atoms with Crippen LogP contribution in [0, 0.1) is 0 Å². The van der Waals surface area contributed by atoms with Crippen molar-refractivity contribution in [3.05, 3.63) is 34.2 Å². The second kappa shape index (κ2) is 8.10.